The van der Waals surface area contributed by atoms with E-state index in [1.54, 1.807) is 13.2 Å². The van der Waals surface area contributed by atoms with Gasteiger partial charge in [0.15, 0.2) is 0 Å². The van der Waals surface area contributed by atoms with Crippen molar-refractivity contribution in [3.05, 3.63) is 28.2 Å². The second-order valence-corrected chi connectivity index (χ2v) is 5.94. The number of amides is 1. The number of carbonyl (C=O) groups excluding carboxylic acids is 1. The molecule has 0 radical (unpaired) electrons. The summed E-state index contributed by atoms with van der Waals surface area (Å²) in [4.78, 5) is 14.4. The Morgan fingerprint density at radius 2 is 2.26 bits per heavy atom. The molecule has 1 heterocycles. The summed E-state index contributed by atoms with van der Waals surface area (Å²) in [5.74, 6) is 0.948. The van der Waals surface area contributed by atoms with E-state index in [4.69, 9.17) is 10.5 Å². The molecule has 0 bridgehead atoms. The van der Waals surface area contributed by atoms with Crippen LogP contribution in [-0.4, -0.2) is 37.0 Å². The first-order valence-corrected chi connectivity index (χ1v) is 7.20. The van der Waals surface area contributed by atoms with Gasteiger partial charge in [0, 0.05) is 23.6 Å². The van der Waals surface area contributed by atoms with Crippen LogP contribution in [0, 0.1) is 5.92 Å². The molecule has 0 saturated carbocycles. The number of halogens is 1. The molecule has 19 heavy (non-hydrogen) atoms. The van der Waals surface area contributed by atoms with Crippen molar-refractivity contribution < 1.29 is 9.53 Å². The predicted molar refractivity (Wildman–Crippen MR) is 78.4 cm³/mol. The maximum Gasteiger partial charge on any atom is 0.257 e. The molecule has 5 heteroatoms. The van der Waals surface area contributed by atoms with E-state index < -0.39 is 0 Å². The molecule has 4 nitrogen and oxygen atoms in total. The SMILES string of the molecule is COc1cc(Br)ccc1C(=O)N1CCC(N)C(C)C1. The average molecular weight is 327 g/mol. The van der Waals surface area contributed by atoms with Gasteiger partial charge in [0.1, 0.15) is 5.75 Å². The maximum absolute atomic E-state index is 12.5. The number of benzene rings is 1. The van der Waals surface area contributed by atoms with Crippen molar-refractivity contribution in [2.45, 2.75) is 19.4 Å². The number of ether oxygens (including phenoxy) is 1. The smallest absolute Gasteiger partial charge is 0.257 e. The number of nitrogens with zero attached hydrogens (tertiary/aromatic N) is 1. The lowest BCUT2D eigenvalue weighted by molar-refractivity contribution is 0.0661. The molecule has 1 saturated heterocycles. The van der Waals surface area contributed by atoms with Gasteiger partial charge >= 0.3 is 0 Å². The molecule has 0 spiro atoms. The second-order valence-electron chi connectivity index (χ2n) is 5.03. The second kappa shape index (κ2) is 5.92. The molecule has 1 aromatic rings. The molecule has 2 atom stereocenters. The third-order valence-electron chi connectivity index (χ3n) is 3.65. The molecule has 2 N–H and O–H groups in total. The minimum absolute atomic E-state index is 0.0168. The fourth-order valence-corrected chi connectivity index (χ4v) is 2.70. The summed E-state index contributed by atoms with van der Waals surface area (Å²) < 4.78 is 6.18. The predicted octanol–water partition coefficient (Wildman–Crippen LogP) is 2.27. The standard InChI is InChI=1S/C14H19BrN2O2/c1-9-8-17(6-5-12(9)16)14(18)11-4-3-10(15)7-13(11)19-2/h3-4,7,9,12H,5-6,8,16H2,1-2H3. The van der Waals surface area contributed by atoms with Gasteiger partial charge in [0.25, 0.3) is 5.91 Å². The minimum atomic E-state index is 0.0168. The average Bonchev–Trinajstić information content (AvgIpc) is 2.41. The van der Waals surface area contributed by atoms with Gasteiger partial charge in [-0.15, -0.1) is 0 Å². The highest BCUT2D eigenvalue weighted by Crippen LogP contribution is 2.26. The Bertz CT molecular complexity index is 479. The van der Waals surface area contributed by atoms with Gasteiger partial charge in [0.2, 0.25) is 0 Å². The lowest BCUT2D eigenvalue weighted by atomic mass is 9.94. The summed E-state index contributed by atoms with van der Waals surface area (Å²) in [6.45, 7) is 3.51. The lowest BCUT2D eigenvalue weighted by Crippen LogP contribution is -2.48. The van der Waals surface area contributed by atoms with Crippen molar-refractivity contribution in [3.8, 4) is 5.75 Å². The molecule has 1 aliphatic heterocycles. The van der Waals surface area contributed by atoms with Crippen molar-refractivity contribution in [1.29, 1.82) is 0 Å². The zero-order valence-electron chi connectivity index (χ0n) is 11.2. The Morgan fingerprint density at radius 3 is 2.89 bits per heavy atom. The summed E-state index contributed by atoms with van der Waals surface area (Å²) >= 11 is 3.38. The summed E-state index contributed by atoms with van der Waals surface area (Å²) in [5, 5.41) is 0. The summed E-state index contributed by atoms with van der Waals surface area (Å²) in [7, 11) is 1.58. The summed E-state index contributed by atoms with van der Waals surface area (Å²) in [6, 6.07) is 5.65. The first-order chi connectivity index (χ1) is 9.02. The van der Waals surface area contributed by atoms with E-state index in [9.17, 15) is 4.79 Å². The normalized spacial score (nSPS) is 23.3. The minimum Gasteiger partial charge on any atom is -0.496 e. The fraction of sp³-hybridized carbons (Fsp3) is 0.500. The van der Waals surface area contributed by atoms with Crippen LogP contribution in [0.1, 0.15) is 23.7 Å². The number of carbonyl (C=O) groups is 1. The lowest BCUT2D eigenvalue weighted by Gasteiger charge is -2.35. The van der Waals surface area contributed by atoms with Crippen LogP contribution in [0.25, 0.3) is 0 Å². The molecular weight excluding hydrogens is 308 g/mol. The first kappa shape index (κ1) is 14.3. The van der Waals surface area contributed by atoms with E-state index in [0.29, 0.717) is 30.3 Å². The molecule has 0 aromatic heterocycles. The van der Waals surface area contributed by atoms with Crippen LogP contribution in [0.5, 0.6) is 5.75 Å². The fourth-order valence-electron chi connectivity index (χ4n) is 2.36. The zero-order chi connectivity index (χ0) is 14.0. The molecule has 0 aliphatic carbocycles. The molecule has 2 unspecified atom stereocenters. The van der Waals surface area contributed by atoms with Crippen LogP contribution in [-0.2, 0) is 0 Å². The quantitative estimate of drug-likeness (QED) is 0.907. The van der Waals surface area contributed by atoms with Gasteiger partial charge in [-0.2, -0.15) is 0 Å². The molecule has 1 aromatic carbocycles. The van der Waals surface area contributed by atoms with E-state index in [-0.39, 0.29) is 11.9 Å². The molecule has 104 valence electrons. The van der Waals surface area contributed by atoms with Crippen LogP contribution < -0.4 is 10.5 Å². The number of hydrogen-bond acceptors (Lipinski definition) is 3. The Labute approximate surface area is 122 Å². The van der Waals surface area contributed by atoms with E-state index >= 15 is 0 Å². The third kappa shape index (κ3) is 3.09. The number of nitrogens with two attached hydrogens (primary N) is 1. The highest BCUT2D eigenvalue weighted by Gasteiger charge is 2.28. The van der Waals surface area contributed by atoms with E-state index in [2.05, 4.69) is 22.9 Å². The van der Waals surface area contributed by atoms with Crippen molar-refractivity contribution in [3.63, 3.8) is 0 Å². The zero-order valence-corrected chi connectivity index (χ0v) is 12.8. The van der Waals surface area contributed by atoms with Crippen LogP contribution >= 0.6 is 15.9 Å². The Hall–Kier alpha value is -1.07. The van der Waals surface area contributed by atoms with Gasteiger partial charge in [0.05, 0.1) is 12.7 Å². The van der Waals surface area contributed by atoms with E-state index in [1.807, 2.05) is 17.0 Å². The Morgan fingerprint density at radius 1 is 1.53 bits per heavy atom. The maximum atomic E-state index is 12.5. The summed E-state index contributed by atoms with van der Waals surface area (Å²) in [6.07, 6.45) is 0.853. The number of piperidine rings is 1. The first-order valence-electron chi connectivity index (χ1n) is 6.41. The topological polar surface area (TPSA) is 55.6 Å². The third-order valence-corrected chi connectivity index (χ3v) is 4.15. The highest BCUT2D eigenvalue weighted by atomic mass is 79.9. The monoisotopic (exact) mass is 326 g/mol. The summed E-state index contributed by atoms with van der Waals surface area (Å²) in [5.41, 5.74) is 6.59. The van der Waals surface area contributed by atoms with Crippen molar-refractivity contribution in [1.82, 2.24) is 4.90 Å². The van der Waals surface area contributed by atoms with Gasteiger partial charge in [-0.25, -0.2) is 0 Å². The largest absolute Gasteiger partial charge is 0.496 e. The Kier molecular flexibility index (Phi) is 4.47. The van der Waals surface area contributed by atoms with E-state index in [1.165, 1.54) is 0 Å². The molecule has 2 rings (SSSR count). The number of hydrogen-bond donors (Lipinski definition) is 1. The van der Waals surface area contributed by atoms with Crippen LogP contribution in [0.4, 0.5) is 0 Å². The van der Waals surface area contributed by atoms with Crippen molar-refractivity contribution in [2.24, 2.45) is 11.7 Å². The number of rotatable bonds is 2. The van der Waals surface area contributed by atoms with Gasteiger partial charge in [-0.05, 0) is 30.5 Å². The van der Waals surface area contributed by atoms with Crippen LogP contribution in [0.15, 0.2) is 22.7 Å². The van der Waals surface area contributed by atoms with Gasteiger partial charge < -0.3 is 15.4 Å². The van der Waals surface area contributed by atoms with Gasteiger partial charge in [-0.1, -0.05) is 22.9 Å². The van der Waals surface area contributed by atoms with Crippen molar-refractivity contribution >= 4 is 21.8 Å². The molecule has 1 amide bonds. The molecular formula is C14H19BrN2O2. The Balaban J connectivity index is 2.20. The molecule has 1 aliphatic rings. The van der Waals surface area contributed by atoms with Crippen LogP contribution in [0.2, 0.25) is 0 Å². The van der Waals surface area contributed by atoms with Crippen molar-refractivity contribution in [2.75, 3.05) is 20.2 Å². The van der Waals surface area contributed by atoms with Crippen LogP contribution in [0.3, 0.4) is 0 Å². The van der Waals surface area contributed by atoms with Gasteiger partial charge in [-0.3, -0.25) is 4.79 Å². The highest BCUT2D eigenvalue weighted by molar-refractivity contribution is 9.10. The number of likely N-dealkylation sites (tertiary alicyclic amines) is 1. The van der Waals surface area contributed by atoms with E-state index in [0.717, 1.165) is 10.9 Å². The number of methoxy groups -OCH3 is 1. The molecule has 1 fully saturated rings.